The molecule has 1 fully saturated rings. The van der Waals surface area contributed by atoms with Crippen molar-refractivity contribution in [1.82, 2.24) is 4.90 Å². The van der Waals surface area contributed by atoms with E-state index in [4.69, 9.17) is 5.73 Å². The second-order valence-electron chi connectivity index (χ2n) is 6.01. The van der Waals surface area contributed by atoms with Crippen LogP contribution >= 0.6 is 0 Å². The van der Waals surface area contributed by atoms with Crippen molar-refractivity contribution < 1.29 is 4.39 Å². The van der Waals surface area contributed by atoms with Gasteiger partial charge in [-0.25, -0.2) is 4.39 Å². The minimum absolute atomic E-state index is 0.150. The van der Waals surface area contributed by atoms with Crippen molar-refractivity contribution in [2.24, 2.45) is 11.1 Å². The highest BCUT2D eigenvalue weighted by Gasteiger charge is 2.31. The van der Waals surface area contributed by atoms with Gasteiger partial charge in [-0.1, -0.05) is 32.4 Å². The number of nitrogens with two attached hydrogens (primary N) is 1. The van der Waals surface area contributed by atoms with Gasteiger partial charge in [0.1, 0.15) is 5.82 Å². The molecule has 0 spiro atoms. The summed E-state index contributed by atoms with van der Waals surface area (Å²) in [7, 11) is 0. The molecule has 0 bridgehead atoms. The molecule has 0 aromatic heterocycles. The molecule has 1 heterocycles. The van der Waals surface area contributed by atoms with Crippen LogP contribution in [0.3, 0.4) is 0 Å². The molecule has 1 atom stereocenters. The van der Waals surface area contributed by atoms with Gasteiger partial charge in [0, 0.05) is 12.6 Å². The normalized spacial score (nSPS) is 21.3. The summed E-state index contributed by atoms with van der Waals surface area (Å²) in [6.07, 6.45) is 3.64. The Morgan fingerprint density at radius 2 is 2.05 bits per heavy atom. The molecule has 1 unspecified atom stereocenters. The average Bonchev–Trinajstić information content (AvgIpc) is 2.42. The van der Waals surface area contributed by atoms with Crippen LogP contribution in [0.25, 0.3) is 0 Å². The topological polar surface area (TPSA) is 29.3 Å². The maximum Gasteiger partial charge on any atom is 0.123 e. The van der Waals surface area contributed by atoms with Gasteiger partial charge in [-0.2, -0.15) is 0 Å². The predicted octanol–water partition coefficient (Wildman–Crippen LogP) is 3.34. The number of hydrogen-bond donors (Lipinski definition) is 1. The van der Waals surface area contributed by atoms with E-state index in [9.17, 15) is 4.39 Å². The molecule has 0 aliphatic carbocycles. The quantitative estimate of drug-likeness (QED) is 0.903. The Morgan fingerprint density at radius 3 is 2.58 bits per heavy atom. The van der Waals surface area contributed by atoms with E-state index in [0.29, 0.717) is 12.0 Å². The van der Waals surface area contributed by atoms with E-state index in [-0.39, 0.29) is 11.9 Å². The van der Waals surface area contributed by atoms with Crippen molar-refractivity contribution in [3.8, 4) is 0 Å². The number of halogens is 1. The summed E-state index contributed by atoms with van der Waals surface area (Å²) < 4.78 is 13.3. The number of rotatable bonds is 4. The molecule has 0 radical (unpaired) electrons. The van der Waals surface area contributed by atoms with Crippen molar-refractivity contribution in [1.29, 1.82) is 0 Å². The Morgan fingerprint density at radius 1 is 1.37 bits per heavy atom. The summed E-state index contributed by atoms with van der Waals surface area (Å²) in [6.45, 7) is 7.30. The standard InChI is InChI=1S/C16H25FN2/c1-3-16(2)7-9-19(10-8-16)15(12-18)13-5-4-6-14(17)11-13/h4-6,11,15H,3,7-10,12,18H2,1-2H3. The molecule has 1 aromatic carbocycles. The monoisotopic (exact) mass is 264 g/mol. The van der Waals surface area contributed by atoms with Gasteiger partial charge in [0.2, 0.25) is 0 Å². The fourth-order valence-electron chi connectivity index (χ4n) is 2.94. The third-order valence-corrected chi connectivity index (χ3v) is 4.76. The van der Waals surface area contributed by atoms with Crippen LogP contribution in [0.1, 0.15) is 44.7 Å². The first-order valence-corrected chi connectivity index (χ1v) is 7.27. The third kappa shape index (κ3) is 3.34. The zero-order valence-corrected chi connectivity index (χ0v) is 12.0. The fourth-order valence-corrected chi connectivity index (χ4v) is 2.94. The minimum atomic E-state index is -0.175. The zero-order chi connectivity index (χ0) is 13.9. The molecular weight excluding hydrogens is 239 g/mol. The van der Waals surface area contributed by atoms with Gasteiger partial charge in [0.15, 0.2) is 0 Å². The molecule has 2 N–H and O–H groups in total. The molecule has 3 heteroatoms. The molecule has 106 valence electrons. The van der Waals surface area contributed by atoms with Gasteiger partial charge in [-0.3, -0.25) is 4.90 Å². The van der Waals surface area contributed by atoms with Gasteiger partial charge in [0.25, 0.3) is 0 Å². The Kier molecular flexibility index (Phi) is 4.58. The molecule has 1 saturated heterocycles. The van der Waals surface area contributed by atoms with Crippen LogP contribution in [-0.4, -0.2) is 24.5 Å². The van der Waals surface area contributed by atoms with Crippen LogP contribution in [0.15, 0.2) is 24.3 Å². The average molecular weight is 264 g/mol. The minimum Gasteiger partial charge on any atom is -0.329 e. The van der Waals surface area contributed by atoms with Crippen molar-refractivity contribution in [3.63, 3.8) is 0 Å². The molecule has 1 aliphatic rings. The van der Waals surface area contributed by atoms with Crippen molar-refractivity contribution in [2.75, 3.05) is 19.6 Å². The molecule has 0 saturated carbocycles. The highest BCUT2D eigenvalue weighted by Crippen LogP contribution is 2.36. The van der Waals surface area contributed by atoms with E-state index < -0.39 is 0 Å². The highest BCUT2D eigenvalue weighted by molar-refractivity contribution is 5.21. The first kappa shape index (κ1) is 14.5. The molecule has 19 heavy (non-hydrogen) atoms. The maximum atomic E-state index is 13.3. The number of benzene rings is 1. The molecular formula is C16H25FN2. The number of nitrogens with zero attached hydrogens (tertiary/aromatic N) is 1. The molecule has 1 aliphatic heterocycles. The zero-order valence-electron chi connectivity index (χ0n) is 12.0. The second-order valence-corrected chi connectivity index (χ2v) is 6.01. The van der Waals surface area contributed by atoms with Crippen LogP contribution in [0.2, 0.25) is 0 Å². The van der Waals surface area contributed by atoms with E-state index in [1.54, 1.807) is 12.1 Å². The summed E-state index contributed by atoms with van der Waals surface area (Å²) in [5.41, 5.74) is 7.39. The summed E-state index contributed by atoms with van der Waals surface area (Å²) >= 11 is 0. The van der Waals surface area contributed by atoms with E-state index in [1.165, 1.54) is 25.3 Å². The lowest BCUT2D eigenvalue weighted by Gasteiger charge is -2.42. The largest absolute Gasteiger partial charge is 0.329 e. The predicted molar refractivity (Wildman–Crippen MR) is 77.4 cm³/mol. The summed E-state index contributed by atoms with van der Waals surface area (Å²) in [5.74, 6) is -0.175. The Labute approximate surface area is 115 Å². The second kappa shape index (κ2) is 6.02. The Balaban J connectivity index is 2.08. The first-order chi connectivity index (χ1) is 9.08. The fraction of sp³-hybridized carbons (Fsp3) is 0.625. The lowest BCUT2D eigenvalue weighted by Crippen LogP contribution is -2.42. The van der Waals surface area contributed by atoms with Gasteiger partial charge < -0.3 is 5.73 Å². The molecule has 1 aromatic rings. The SMILES string of the molecule is CCC1(C)CCN(C(CN)c2cccc(F)c2)CC1. The van der Waals surface area contributed by atoms with Crippen molar-refractivity contribution >= 4 is 0 Å². The lowest BCUT2D eigenvalue weighted by molar-refractivity contribution is 0.0828. The van der Waals surface area contributed by atoms with Crippen molar-refractivity contribution in [3.05, 3.63) is 35.6 Å². The highest BCUT2D eigenvalue weighted by atomic mass is 19.1. The lowest BCUT2D eigenvalue weighted by atomic mass is 9.78. The number of likely N-dealkylation sites (tertiary alicyclic amines) is 1. The maximum absolute atomic E-state index is 13.3. The number of piperidine rings is 1. The Bertz CT molecular complexity index is 411. The van der Waals surface area contributed by atoms with E-state index in [1.807, 2.05) is 6.07 Å². The van der Waals surface area contributed by atoms with Crippen LogP contribution in [0, 0.1) is 11.2 Å². The summed E-state index contributed by atoms with van der Waals surface area (Å²) in [6, 6.07) is 7.01. The van der Waals surface area contributed by atoms with Gasteiger partial charge >= 0.3 is 0 Å². The summed E-state index contributed by atoms with van der Waals surface area (Å²) in [4.78, 5) is 2.41. The van der Waals surface area contributed by atoms with E-state index >= 15 is 0 Å². The summed E-state index contributed by atoms with van der Waals surface area (Å²) in [5, 5.41) is 0. The van der Waals surface area contributed by atoms with Crippen LogP contribution in [0.4, 0.5) is 4.39 Å². The third-order valence-electron chi connectivity index (χ3n) is 4.76. The molecule has 2 rings (SSSR count). The van der Waals surface area contributed by atoms with Crippen LogP contribution in [0.5, 0.6) is 0 Å². The van der Waals surface area contributed by atoms with Crippen LogP contribution in [-0.2, 0) is 0 Å². The smallest absolute Gasteiger partial charge is 0.123 e. The molecule has 0 amide bonds. The van der Waals surface area contributed by atoms with Crippen LogP contribution < -0.4 is 5.73 Å². The van der Waals surface area contributed by atoms with E-state index in [0.717, 1.165) is 18.7 Å². The molecule has 2 nitrogen and oxygen atoms in total. The van der Waals surface area contributed by atoms with Crippen molar-refractivity contribution in [2.45, 2.75) is 39.2 Å². The first-order valence-electron chi connectivity index (χ1n) is 7.27. The Hall–Kier alpha value is -0.930. The van der Waals surface area contributed by atoms with Gasteiger partial charge in [0.05, 0.1) is 0 Å². The van der Waals surface area contributed by atoms with E-state index in [2.05, 4.69) is 18.7 Å². The van der Waals surface area contributed by atoms with Gasteiger partial charge in [-0.15, -0.1) is 0 Å². The van der Waals surface area contributed by atoms with Gasteiger partial charge in [-0.05, 0) is 49.0 Å². The number of hydrogen-bond acceptors (Lipinski definition) is 2.